The average molecular weight is 281 g/mol. The van der Waals surface area contributed by atoms with Crippen molar-refractivity contribution in [2.45, 2.75) is 27.7 Å². The molecule has 0 spiro atoms. The molecule has 0 radical (unpaired) electrons. The lowest BCUT2D eigenvalue weighted by atomic mass is 10.2. The molecule has 0 fully saturated rings. The van der Waals surface area contributed by atoms with Gasteiger partial charge in [-0.05, 0) is 19.0 Å². The van der Waals surface area contributed by atoms with E-state index in [0.29, 0.717) is 18.9 Å². The van der Waals surface area contributed by atoms with Gasteiger partial charge in [-0.1, -0.05) is 39.1 Å². The molecular formula is C12H28NO2PS. The highest BCUT2D eigenvalue weighted by Gasteiger charge is 2.16. The summed E-state index contributed by atoms with van der Waals surface area (Å²) in [5.74, 6) is 1.44. The summed E-state index contributed by atoms with van der Waals surface area (Å²) >= 11 is 1.58. The van der Waals surface area contributed by atoms with E-state index in [-0.39, 0.29) is 0 Å². The van der Waals surface area contributed by atoms with Crippen LogP contribution in [0.25, 0.3) is 0 Å². The predicted octanol–water partition coefficient (Wildman–Crippen LogP) is 3.60. The van der Waals surface area contributed by atoms with Crippen LogP contribution in [0.3, 0.4) is 0 Å². The summed E-state index contributed by atoms with van der Waals surface area (Å²) in [6.07, 6.45) is -1.75. The van der Waals surface area contributed by atoms with E-state index < -0.39 is 6.34 Å². The Morgan fingerprint density at radius 1 is 1.29 bits per heavy atom. The molecule has 1 atom stereocenters. The van der Waals surface area contributed by atoms with Crippen molar-refractivity contribution < 1.29 is 9.30 Å². The van der Waals surface area contributed by atoms with Crippen LogP contribution < -0.4 is 0 Å². The molecule has 0 aliphatic carbocycles. The largest absolute Gasteiger partial charge is 0.373 e. The van der Waals surface area contributed by atoms with Crippen molar-refractivity contribution >= 4 is 17.7 Å². The fourth-order valence-corrected chi connectivity index (χ4v) is 4.48. The molecule has 0 aromatic rings. The van der Waals surface area contributed by atoms with Gasteiger partial charge in [0.05, 0.1) is 0 Å². The summed E-state index contributed by atoms with van der Waals surface area (Å²) in [7, 11) is 0. The topological polar surface area (TPSA) is 29.5 Å². The van der Waals surface area contributed by atoms with E-state index in [0.717, 1.165) is 25.4 Å². The zero-order chi connectivity index (χ0) is 13.3. The van der Waals surface area contributed by atoms with Gasteiger partial charge in [0.25, 0.3) is 0 Å². The summed E-state index contributed by atoms with van der Waals surface area (Å²) in [5, 5.41) is 0. The van der Waals surface area contributed by atoms with Crippen LogP contribution in [0.4, 0.5) is 0 Å². The molecule has 0 bridgehead atoms. The first-order valence-corrected chi connectivity index (χ1v) is 10.4. The zero-order valence-electron chi connectivity index (χ0n) is 11.9. The normalized spacial score (nSPS) is 15.5. The predicted molar refractivity (Wildman–Crippen MR) is 79.4 cm³/mol. The number of hydrogen-bond donors (Lipinski definition) is 0. The van der Waals surface area contributed by atoms with Crippen molar-refractivity contribution in [1.29, 1.82) is 0 Å². The summed E-state index contributed by atoms with van der Waals surface area (Å²) in [6, 6.07) is 0. The Balaban J connectivity index is 3.73. The number of ether oxygens (including phenoxy) is 1. The van der Waals surface area contributed by atoms with Crippen molar-refractivity contribution in [2.75, 3.05) is 45.0 Å². The molecule has 3 nitrogen and oxygen atoms in total. The van der Waals surface area contributed by atoms with Gasteiger partial charge >= 0.3 is 0 Å². The quantitative estimate of drug-likeness (QED) is 0.572. The van der Waals surface area contributed by atoms with Crippen LogP contribution >= 0.6 is 17.7 Å². The molecular weight excluding hydrogens is 253 g/mol. The van der Waals surface area contributed by atoms with Crippen LogP contribution in [0.15, 0.2) is 0 Å². The van der Waals surface area contributed by atoms with Gasteiger partial charge in [0.1, 0.15) is 6.35 Å². The number of rotatable bonds is 10. The minimum Gasteiger partial charge on any atom is -0.373 e. The second-order valence-corrected chi connectivity index (χ2v) is 10.8. The highest BCUT2D eigenvalue weighted by atomic mass is 32.7. The van der Waals surface area contributed by atoms with Gasteiger partial charge in [-0.2, -0.15) is 0 Å². The first-order valence-electron chi connectivity index (χ1n) is 6.42. The van der Waals surface area contributed by atoms with Crippen molar-refractivity contribution in [3.05, 3.63) is 0 Å². The Kier molecular flexibility index (Phi) is 9.71. The summed E-state index contributed by atoms with van der Waals surface area (Å²) in [4.78, 5) is 2.35. The lowest BCUT2D eigenvalue weighted by Gasteiger charge is -2.19. The van der Waals surface area contributed by atoms with Crippen molar-refractivity contribution in [3.8, 4) is 0 Å². The Labute approximate surface area is 111 Å². The van der Waals surface area contributed by atoms with Gasteiger partial charge in [-0.25, -0.2) is 0 Å². The van der Waals surface area contributed by atoms with Gasteiger partial charge in [0.15, 0.2) is 6.34 Å². The molecule has 5 heteroatoms. The average Bonchev–Trinajstić information content (AvgIpc) is 2.23. The van der Waals surface area contributed by atoms with Gasteiger partial charge in [0.2, 0.25) is 0 Å². The Hall–Kier alpha value is 0.500. The highest BCUT2D eigenvalue weighted by molar-refractivity contribution is 8.57. The lowest BCUT2D eigenvalue weighted by molar-refractivity contribution is 0.148. The van der Waals surface area contributed by atoms with Crippen LogP contribution in [-0.2, 0) is 9.30 Å². The monoisotopic (exact) mass is 281 g/mol. The Morgan fingerprint density at radius 2 is 1.88 bits per heavy atom. The van der Waals surface area contributed by atoms with Crippen LogP contribution in [0.5, 0.6) is 0 Å². The summed E-state index contributed by atoms with van der Waals surface area (Å²) in [5.41, 5.74) is 0. The molecule has 0 saturated heterocycles. The number of nitrogens with zero attached hydrogens (tertiary/aromatic N) is 1. The molecule has 0 amide bonds. The van der Waals surface area contributed by atoms with E-state index in [4.69, 9.17) is 4.74 Å². The minimum absolute atomic E-state index is 0.411. The van der Waals surface area contributed by atoms with E-state index in [1.807, 2.05) is 6.66 Å². The van der Waals surface area contributed by atoms with E-state index in [2.05, 4.69) is 32.6 Å². The molecule has 0 aromatic carbocycles. The molecule has 0 aliphatic heterocycles. The number of hydrogen-bond acceptors (Lipinski definition) is 4. The summed E-state index contributed by atoms with van der Waals surface area (Å²) < 4.78 is 17.6. The Bertz CT molecular complexity index is 233. The second-order valence-electron chi connectivity index (χ2n) is 4.77. The first-order chi connectivity index (χ1) is 7.91. The lowest BCUT2D eigenvalue weighted by Crippen LogP contribution is -2.25. The maximum absolute atomic E-state index is 12.2. The fourth-order valence-electron chi connectivity index (χ4n) is 1.39. The molecule has 0 aromatic heterocycles. The van der Waals surface area contributed by atoms with Gasteiger partial charge < -0.3 is 14.2 Å². The van der Waals surface area contributed by atoms with E-state index in [1.165, 1.54) is 0 Å². The molecule has 104 valence electrons. The maximum Gasteiger partial charge on any atom is 0.160 e. The fraction of sp³-hybridized carbons (Fsp3) is 1.00. The minimum atomic E-state index is -2.16. The van der Waals surface area contributed by atoms with Crippen molar-refractivity contribution in [3.63, 3.8) is 0 Å². The summed E-state index contributed by atoms with van der Waals surface area (Å²) in [6.45, 7) is 14.2. The Morgan fingerprint density at radius 3 is 2.35 bits per heavy atom. The van der Waals surface area contributed by atoms with E-state index >= 15 is 0 Å². The van der Waals surface area contributed by atoms with Gasteiger partial charge in [0, 0.05) is 25.6 Å². The molecule has 0 saturated carbocycles. The molecule has 17 heavy (non-hydrogen) atoms. The SMILES string of the molecule is CCN(CC)CCSP(C)(=O)COCC(C)C. The standard InChI is InChI=1S/C12H28NO2PS/c1-6-13(7-2)8-9-17-16(5,14)11-15-10-12(3)4/h12H,6-11H2,1-5H3. The van der Waals surface area contributed by atoms with E-state index in [9.17, 15) is 4.57 Å². The third-order valence-corrected chi connectivity index (χ3v) is 6.51. The van der Waals surface area contributed by atoms with Crippen LogP contribution in [0, 0.1) is 5.92 Å². The molecule has 0 aliphatic rings. The molecule has 0 N–H and O–H groups in total. The van der Waals surface area contributed by atoms with Crippen LogP contribution in [-0.4, -0.2) is 49.9 Å². The smallest absolute Gasteiger partial charge is 0.160 e. The molecule has 0 rings (SSSR count). The highest BCUT2D eigenvalue weighted by Crippen LogP contribution is 2.54. The van der Waals surface area contributed by atoms with Crippen molar-refractivity contribution in [1.82, 2.24) is 4.90 Å². The van der Waals surface area contributed by atoms with Crippen LogP contribution in [0.2, 0.25) is 0 Å². The molecule has 1 unspecified atom stereocenters. The zero-order valence-corrected chi connectivity index (χ0v) is 13.7. The third-order valence-electron chi connectivity index (χ3n) is 2.44. The van der Waals surface area contributed by atoms with Crippen LogP contribution in [0.1, 0.15) is 27.7 Å². The van der Waals surface area contributed by atoms with Gasteiger partial charge in [-0.3, -0.25) is 0 Å². The van der Waals surface area contributed by atoms with E-state index in [1.54, 1.807) is 11.4 Å². The second kappa shape index (κ2) is 9.43. The molecule has 0 heterocycles. The maximum atomic E-state index is 12.2. The van der Waals surface area contributed by atoms with Gasteiger partial charge in [-0.15, -0.1) is 0 Å². The third kappa shape index (κ3) is 10.1. The van der Waals surface area contributed by atoms with Crippen molar-refractivity contribution in [2.24, 2.45) is 5.92 Å². The first kappa shape index (κ1) is 17.5.